The van der Waals surface area contributed by atoms with Crippen molar-refractivity contribution in [2.75, 3.05) is 20.6 Å². The van der Waals surface area contributed by atoms with Gasteiger partial charge in [-0.25, -0.2) is 9.59 Å². The summed E-state index contributed by atoms with van der Waals surface area (Å²) in [5, 5.41) is 14.8. The smallest absolute Gasteiger partial charge is 0.414 e. The van der Waals surface area contributed by atoms with Gasteiger partial charge in [0.2, 0.25) is 0 Å². The quantitative estimate of drug-likeness (QED) is 0.647. The summed E-state index contributed by atoms with van der Waals surface area (Å²) in [5.41, 5.74) is 5.52. The number of hydrogen-bond acceptors (Lipinski definition) is 4. The predicted molar refractivity (Wildman–Crippen MR) is 116 cm³/mol. The Morgan fingerprint density at radius 1 is 1.11 bits per heavy atom. The van der Waals surface area contributed by atoms with Crippen molar-refractivity contribution in [1.82, 2.24) is 4.90 Å². The number of aliphatic carboxylic acids is 2. The molecular weight excluding hydrogens is 442 g/mol. The Balaban J connectivity index is 0.000000409. The zero-order chi connectivity index (χ0) is 20.7. The van der Waals surface area contributed by atoms with Crippen molar-refractivity contribution >= 4 is 45.2 Å². The van der Waals surface area contributed by atoms with E-state index < -0.39 is 11.9 Å². The fourth-order valence-electron chi connectivity index (χ4n) is 2.73. The van der Waals surface area contributed by atoms with Gasteiger partial charge >= 0.3 is 11.9 Å². The summed E-state index contributed by atoms with van der Waals surface area (Å²) in [5.74, 6) is -2.62. The van der Waals surface area contributed by atoms with Crippen molar-refractivity contribution in [2.24, 2.45) is 0 Å². The summed E-state index contributed by atoms with van der Waals surface area (Å²) < 4.78 is 1.15. The van der Waals surface area contributed by atoms with Crippen LogP contribution in [0.4, 0.5) is 0 Å². The lowest BCUT2D eigenvalue weighted by Crippen LogP contribution is -2.12. The zero-order valence-corrected chi connectivity index (χ0v) is 18.1. The third-order valence-electron chi connectivity index (χ3n) is 4.03. The van der Waals surface area contributed by atoms with E-state index in [0.717, 1.165) is 23.2 Å². The van der Waals surface area contributed by atoms with Crippen LogP contribution in [0.1, 0.15) is 23.1 Å². The monoisotopic (exact) mass is 463 g/mol. The molecule has 1 aliphatic rings. The van der Waals surface area contributed by atoms with E-state index in [-0.39, 0.29) is 0 Å². The minimum absolute atomic E-state index is 1.03. The average Bonchev–Trinajstić information content (AvgIpc) is 2.79. The second-order valence-electron chi connectivity index (χ2n) is 6.41. The number of benzene rings is 2. The molecule has 1 heterocycles. The summed E-state index contributed by atoms with van der Waals surface area (Å²) in [7, 11) is 4.25. The molecule has 0 saturated heterocycles. The molecule has 28 heavy (non-hydrogen) atoms. The molecular formula is C21H22BrNO4S. The Hall–Kier alpha value is -2.09. The highest BCUT2D eigenvalue weighted by Gasteiger charge is 2.18. The minimum Gasteiger partial charge on any atom is -0.473 e. The Kier molecular flexibility index (Phi) is 8.29. The van der Waals surface area contributed by atoms with Gasteiger partial charge in [-0.2, -0.15) is 0 Å². The number of halogens is 1. The van der Waals surface area contributed by atoms with Crippen molar-refractivity contribution in [3.63, 3.8) is 0 Å². The summed E-state index contributed by atoms with van der Waals surface area (Å²) in [6, 6.07) is 15.4. The fourth-order valence-corrected chi connectivity index (χ4v) is 4.16. The topological polar surface area (TPSA) is 77.8 Å². The number of carboxylic acid groups (broad SMARTS) is 2. The number of carbonyl (C=O) groups is 2. The van der Waals surface area contributed by atoms with Crippen molar-refractivity contribution < 1.29 is 19.8 Å². The van der Waals surface area contributed by atoms with Crippen LogP contribution in [0.15, 0.2) is 57.9 Å². The summed E-state index contributed by atoms with van der Waals surface area (Å²) in [6.07, 6.45) is 3.46. The molecule has 2 aromatic carbocycles. The lowest BCUT2D eigenvalue weighted by atomic mass is 9.93. The van der Waals surface area contributed by atoms with Crippen LogP contribution in [-0.4, -0.2) is 47.7 Å². The van der Waals surface area contributed by atoms with Gasteiger partial charge in [-0.3, -0.25) is 0 Å². The van der Waals surface area contributed by atoms with Gasteiger partial charge < -0.3 is 15.1 Å². The van der Waals surface area contributed by atoms with E-state index in [9.17, 15) is 0 Å². The summed E-state index contributed by atoms with van der Waals surface area (Å²) >= 11 is 5.57. The van der Waals surface area contributed by atoms with Crippen LogP contribution >= 0.6 is 27.7 Å². The first-order chi connectivity index (χ1) is 13.3. The van der Waals surface area contributed by atoms with Crippen molar-refractivity contribution in [3.05, 3.63) is 69.7 Å². The van der Waals surface area contributed by atoms with Crippen LogP contribution < -0.4 is 0 Å². The standard InChI is InChI=1S/C19H20BrNS.C2H2O4/c1-21(2)11-5-7-16-17-6-3-4-8-19(17)22-13-14-9-10-15(20)12-18(14)16;3-1(4)2(5)6/h3-4,6-10,12H,5,11,13H2,1-2H3;(H,3,4)(H,5,6)/b16-7+;. The Labute approximate surface area is 177 Å². The van der Waals surface area contributed by atoms with Crippen LogP contribution in [0.2, 0.25) is 0 Å². The number of rotatable bonds is 3. The highest BCUT2D eigenvalue weighted by molar-refractivity contribution is 9.10. The van der Waals surface area contributed by atoms with Crippen LogP contribution in [0.3, 0.4) is 0 Å². The molecule has 0 aromatic heterocycles. The molecule has 0 radical (unpaired) electrons. The molecule has 0 unspecified atom stereocenters. The van der Waals surface area contributed by atoms with Gasteiger partial charge in [-0.15, -0.1) is 11.8 Å². The van der Waals surface area contributed by atoms with Gasteiger partial charge in [0.15, 0.2) is 0 Å². The molecule has 3 rings (SSSR count). The number of hydrogen-bond donors (Lipinski definition) is 2. The van der Waals surface area contributed by atoms with Crippen LogP contribution in [0.25, 0.3) is 5.57 Å². The first-order valence-corrected chi connectivity index (χ1v) is 10.4. The van der Waals surface area contributed by atoms with E-state index >= 15 is 0 Å². The molecule has 5 nitrogen and oxygen atoms in total. The van der Waals surface area contributed by atoms with E-state index in [1.807, 2.05) is 11.8 Å². The summed E-state index contributed by atoms with van der Waals surface area (Å²) in [6.45, 7) is 1.07. The predicted octanol–water partition coefficient (Wildman–Crippen LogP) is 4.59. The molecule has 0 bridgehead atoms. The number of thioether (sulfide) groups is 1. The van der Waals surface area contributed by atoms with Gasteiger partial charge in [0.05, 0.1) is 0 Å². The van der Waals surface area contributed by atoms with E-state index in [1.165, 1.54) is 27.2 Å². The first-order valence-electron chi connectivity index (χ1n) is 8.61. The molecule has 0 saturated carbocycles. The lowest BCUT2D eigenvalue weighted by molar-refractivity contribution is -0.159. The van der Waals surface area contributed by atoms with Crippen LogP contribution in [0.5, 0.6) is 0 Å². The molecule has 2 aromatic rings. The van der Waals surface area contributed by atoms with Gasteiger partial charge in [0.1, 0.15) is 0 Å². The Morgan fingerprint density at radius 2 is 1.79 bits per heavy atom. The van der Waals surface area contributed by atoms with E-state index in [2.05, 4.69) is 83.5 Å². The molecule has 0 aliphatic carbocycles. The maximum absolute atomic E-state index is 9.10. The Bertz CT molecular complexity index is 884. The number of carboxylic acids is 2. The highest BCUT2D eigenvalue weighted by Crippen LogP contribution is 2.40. The van der Waals surface area contributed by atoms with E-state index in [4.69, 9.17) is 19.8 Å². The van der Waals surface area contributed by atoms with Gasteiger partial charge in [0, 0.05) is 21.7 Å². The average molecular weight is 464 g/mol. The molecule has 0 amide bonds. The van der Waals surface area contributed by atoms with Crippen LogP contribution in [0, 0.1) is 0 Å². The molecule has 2 N–H and O–H groups in total. The largest absolute Gasteiger partial charge is 0.473 e. The van der Waals surface area contributed by atoms with Gasteiger partial charge in [-0.05, 0) is 61.0 Å². The molecule has 148 valence electrons. The van der Waals surface area contributed by atoms with Gasteiger partial charge in [-0.1, -0.05) is 46.3 Å². The molecule has 1 aliphatic heterocycles. The zero-order valence-electron chi connectivity index (χ0n) is 15.7. The van der Waals surface area contributed by atoms with E-state index in [1.54, 1.807) is 0 Å². The molecule has 0 atom stereocenters. The summed E-state index contributed by atoms with van der Waals surface area (Å²) in [4.78, 5) is 21.8. The Morgan fingerprint density at radius 3 is 2.43 bits per heavy atom. The third-order valence-corrected chi connectivity index (χ3v) is 5.65. The third kappa shape index (κ3) is 6.22. The minimum atomic E-state index is -1.82. The van der Waals surface area contributed by atoms with Crippen molar-refractivity contribution in [3.8, 4) is 0 Å². The van der Waals surface area contributed by atoms with E-state index in [0.29, 0.717) is 0 Å². The molecule has 0 fully saturated rings. The van der Waals surface area contributed by atoms with Gasteiger partial charge in [0.25, 0.3) is 0 Å². The maximum Gasteiger partial charge on any atom is 0.414 e. The van der Waals surface area contributed by atoms with Crippen molar-refractivity contribution in [1.29, 1.82) is 0 Å². The second kappa shape index (κ2) is 10.5. The second-order valence-corrected chi connectivity index (χ2v) is 8.34. The number of fused-ring (bicyclic) bond motifs is 2. The lowest BCUT2D eigenvalue weighted by Gasteiger charge is -2.13. The fraction of sp³-hybridized carbons (Fsp3) is 0.238. The molecule has 0 spiro atoms. The SMILES string of the molecule is CN(C)CC/C=C1/c2cc(Br)ccc2CSc2ccccc21.O=C(O)C(=O)O. The normalized spacial score (nSPS) is 13.8. The first kappa shape index (κ1) is 22.2. The highest BCUT2D eigenvalue weighted by atomic mass is 79.9. The number of nitrogens with zero attached hydrogens (tertiary/aromatic N) is 1. The molecule has 7 heteroatoms. The van der Waals surface area contributed by atoms with Crippen LogP contribution in [-0.2, 0) is 15.3 Å². The maximum atomic E-state index is 9.10. The van der Waals surface area contributed by atoms with Crippen molar-refractivity contribution in [2.45, 2.75) is 17.1 Å².